The lowest BCUT2D eigenvalue weighted by molar-refractivity contribution is -0.394. The zero-order chi connectivity index (χ0) is 16.8. The predicted molar refractivity (Wildman–Crippen MR) is 82.1 cm³/mol. The van der Waals surface area contributed by atoms with Crippen molar-refractivity contribution in [3.63, 3.8) is 0 Å². The van der Waals surface area contributed by atoms with E-state index in [4.69, 9.17) is 9.47 Å². The third kappa shape index (κ3) is 3.94. The van der Waals surface area contributed by atoms with Crippen LogP contribution in [0.15, 0.2) is 42.5 Å². The molecule has 0 aromatic heterocycles. The molecule has 120 valence electrons. The van der Waals surface area contributed by atoms with Crippen LogP contribution >= 0.6 is 0 Å². The van der Waals surface area contributed by atoms with Gasteiger partial charge in [0.2, 0.25) is 5.75 Å². The summed E-state index contributed by atoms with van der Waals surface area (Å²) < 4.78 is 11.1. The quantitative estimate of drug-likeness (QED) is 0.562. The highest BCUT2D eigenvalue weighted by molar-refractivity contribution is 5.56. The smallest absolute Gasteiger partial charge is 0.318 e. The molecule has 0 radical (unpaired) electrons. The minimum Gasteiger partial charge on any atom is -0.490 e. The van der Waals surface area contributed by atoms with Gasteiger partial charge in [-0.15, -0.1) is 0 Å². The summed E-state index contributed by atoms with van der Waals surface area (Å²) in [5.74, 6) is 0.660. The van der Waals surface area contributed by atoms with Gasteiger partial charge in [0.15, 0.2) is 11.5 Å². The van der Waals surface area contributed by atoms with Gasteiger partial charge in [-0.05, 0) is 24.6 Å². The van der Waals surface area contributed by atoms with Crippen LogP contribution in [-0.4, -0.2) is 16.5 Å². The lowest BCUT2D eigenvalue weighted by Gasteiger charge is -2.11. The van der Waals surface area contributed by atoms with Gasteiger partial charge in [-0.2, -0.15) is 0 Å². The van der Waals surface area contributed by atoms with Crippen molar-refractivity contribution in [2.24, 2.45) is 0 Å². The number of hydrogen-bond acceptors (Lipinski definition) is 6. The molecule has 23 heavy (non-hydrogen) atoms. The SMILES string of the molecule is CCCOc1ccccc1Oc1ccc([N+](=O)[O-])cc1[N+](=O)[O-]. The minimum atomic E-state index is -0.724. The molecule has 0 unspecified atom stereocenters. The summed E-state index contributed by atoms with van der Waals surface area (Å²) in [6, 6.07) is 9.96. The van der Waals surface area contributed by atoms with Crippen molar-refractivity contribution in [2.45, 2.75) is 13.3 Å². The molecule has 8 heteroatoms. The van der Waals surface area contributed by atoms with E-state index in [0.717, 1.165) is 18.6 Å². The first-order valence-corrected chi connectivity index (χ1v) is 6.85. The summed E-state index contributed by atoms with van der Waals surface area (Å²) in [7, 11) is 0. The molecule has 0 atom stereocenters. The number of benzene rings is 2. The van der Waals surface area contributed by atoms with E-state index in [2.05, 4.69) is 0 Å². The van der Waals surface area contributed by atoms with Gasteiger partial charge in [0.1, 0.15) is 0 Å². The Balaban J connectivity index is 2.37. The second-order valence-electron chi connectivity index (χ2n) is 4.56. The molecule has 0 saturated carbocycles. The van der Waals surface area contributed by atoms with Gasteiger partial charge in [0.25, 0.3) is 5.69 Å². The molecule has 0 N–H and O–H groups in total. The first-order valence-electron chi connectivity index (χ1n) is 6.85. The Hall–Kier alpha value is -3.16. The van der Waals surface area contributed by atoms with Crippen LogP contribution in [0.3, 0.4) is 0 Å². The summed E-state index contributed by atoms with van der Waals surface area (Å²) in [4.78, 5) is 20.4. The minimum absolute atomic E-state index is 0.0897. The van der Waals surface area contributed by atoms with Gasteiger partial charge in [-0.1, -0.05) is 19.1 Å². The highest BCUT2D eigenvalue weighted by Gasteiger charge is 2.22. The van der Waals surface area contributed by atoms with Crippen LogP contribution in [0.25, 0.3) is 0 Å². The van der Waals surface area contributed by atoms with E-state index in [1.54, 1.807) is 24.3 Å². The first-order chi connectivity index (χ1) is 11.0. The van der Waals surface area contributed by atoms with Crippen molar-refractivity contribution in [1.82, 2.24) is 0 Å². The molecule has 0 aliphatic heterocycles. The maximum atomic E-state index is 11.1. The number of para-hydroxylation sites is 2. The van der Waals surface area contributed by atoms with E-state index in [0.29, 0.717) is 18.1 Å². The second-order valence-corrected chi connectivity index (χ2v) is 4.56. The standard InChI is InChI=1S/C15H14N2O6/c1-2-9-22-14-5-3-4-6-15(14)23-13-8-7-11(16(18)19)10-12(13)17(20)21/h3-8,10H,2,9H2,1H3. The number of ether oxygens (including phenoxy) is 2. The number of nitrogens with zero attached hydrogens (tertiary/aromatic N) is 2. The van der Waals surface area contributed by atoms with Gasteiger partial charge in [0.05, 0.1) is 22.5 Å². The molecule has 2 rings (SSSR count). The Kier molecular flexibility index (Phi) is 5.08. The molecule has 0 spiro atoms. The molecule has 0 aliphatic carbocycles. The van der Waals surface area contributed by atoms with E-state index in [1.807, 2.05) is 6.92 Å². The van der Waals surface area contributed by atoms with Crippen molar-refractivity contribution in [2.75, 3.05) is 6.61 Å². The van der Waals surface area contributed by atoms with Gasteiger partial charge >= 0.3 is 5.69 Å². The molecule has 0 saturated heterocycles. The zero-order valence-corrected chi connectivity index (χ0v) is 12.3. The van der Waals surface area contributed by atoms with E-state index < -0.39 is 15.5 Å². The van der Waals surface area contributed by atoms with Crippen LogP contribution in [-0.2, 0) is 0 Å². The van der Waals surface area contributed by atoms with Gasteiger partial charge in [0, 0.05) is 6.07 Å². The molecule has 0 aliphatic rings. The molecule has 0 amide bonds. The maximum Gasteiger partial charge on any atom is 0.318 e. The molecule has 0 bridgehead atoms. The maximum absolute atomic E-state index is 11.1. The highest BCUT2D eigenvalue weighted by atomic mass is 16.6. The normalized spacial score (nSPS) is 10.1. The van der Waals surface area contributed by atoms with E-state index in [1.165, 1.54) is 6.07 Å². The van der Waals surface area contributed by atoms with Crippen LogP contribution in [0.1, 0.15) is 13.3 Å². The summed E-state index contributed by atoms with van der Waals surface area (Å²) in [5.41, 5.74) is -0.857. The van der Waals surface area contributed by atoms with Gasteiger partial charge in [-0.3, -0.25) is 20.2 Å². The van der Waals surface area contributed by atoms with Crippen LogP contribution in [0, 0.1) is 20.2 Å². The molecule has 0 heterocycles. The summed E-state index contributed by atoms with van der Waals surface area (Å²) in [5, 5.41) is 21.9. The van der Waals surface area contributed by atoms with Gasteiger partial charge in [-0.25, -0.2) is 0 Å². The number of hydrogen-bond donors (Lipinski definition) is 0. The third-order valence-corrected chi connectivity index (χ3v) is 2.88. The fourth-order valence-electron chi connectivity index (χ4n) is 1.83. The van der Waals surface area contributed by atoms with E-state index >= 15 is 0 Å². The van der Waals surface area contributed by atoms with Crippen molar-refractivity contribution < 1.29 is 19.3 Å². The fraction of sp³-hybridized carbons (Fsp3) is 0.200. The van der Waals surface area contributed by atoms with Crippen molar-refractivity contribution >= 4 is 11.4 Å². The van der Waals surface area contributed by atoms with Gasteiger partial charge < -0.3 is 9.47 Å². The highest BCUT2D eigenvalue weighted by Crippen LogP contribution is 2.37. The second kappa shape index (κ2) is 7.21. The number of nitro groups is 2. The van der Waals surface area contributed by atoms with Crippen LogP contribution < -0.4 is 9.47 Å². The summed E-state index contributed by atoms with van der Waals surface area (Å²) >= 11 is 0. The molecular formula is C15H14N2O6. The van der Waals surface area contributed by atoms with Crippen molar-refractivity contribution in [3.05, 3.63) is 62.7 Å². The van der Waals surface area contributed by atoms with E-state index in [-0.39, 0.29) is 11.4 Å². The molecule has 0 fully saturated rings. The lowest BCUT2D eigenvalue weighted by Crippen LogP contribution is -1.99. The average molecular weight is 318 g/mol. The number of non-ortho nitro benzene ring substituents is 1. The monoisotopic (exact) mass is 318 g/mol. The molecule has 8 nitrogen and oxygen atoms in total. The number of nitro benzene ring substituents is 2. The Morgan fingerprint density at radius 3 is 2.26 bits per heavy atom. The van der Waals surface area contributed by atoms with Crippen LogP contribution in [0.5, 0.6) is 17.2 Å². The Morgan fingerprint density at radius 2 is 1.65 bits per heavy atom. The molecular weight excluding hydrogens is 304 g/mol. The third-order valence-electron chi connectivity index (χ3n) is 2.88. The first kappa shape index (κ1) is 16.2. The van der Waals surface area contributed by atoms with Crippen molar-refractivity contribution in [1.29, 1.82) is 0 Å². The van der Waals surface area contributed by atoms with Crippen molar-refractivity contribution in [3.8, 4) is 17.2 Å². The topological polar surface area (TPSA) is 105 Å². The Bertz CT molecular complexity index is 732. The summed E-state index contributed by atoms with van der Waals surface area (Å²) in [6.45, 7) is 2.42. The van der Waals surface area contributed by atoms with Crippen LogP contribution in [0.2, 0.25) is 0 Å². The predicted octanol–water partition coefficient (Wildman–Crippen LogP) is 4.08. The average Bonchev–Trinajstić information content (AvgIpc) is 2.54. The fourth-order valence-corrected chi connectivity index (χ4v) is 1.83. The zero-order valence-electron chi connectivity index (χ0n) is 12.3. The molecule has 2 aromatic rings. The Labute approximate surface area is 131 Å². The van der Waals surface area contributed by atoms with Crippen LogP contribution in [0.4, 0.5) is 11.4 Å². The number of rotatable bonds is 7. The largest absolute Gasteiger partial charge is 0.490 e. The summed E-state index contributed by atoms with van der Waals surface area (Å²) in [6.07, 6.45) is 0.798. The Morgan fingerprint density at radius 1 is 0.957 bits per heavy atom. The van der Waals surface area contributed by atoms with E-state index in [9.17, 15) is 20.2 Å². The molecule has 2 aromatic carbocycles. The lowest BCUT2D eigenvalue weighted by atomic mass is 10.2.